The van der Waals surface area contributed by atoms with E-state index in [1.54, 1.807) is 0 Å². The van der Waals surface area contributed by atoms with Crippen LogP contribution in [0.3, 0.4) is 0 Å². The maximum absolute atomic E-state index is 12.9. The van der Waals surface area contributed by atoms with Gasteiger partial charge in [0.25, 0.3) is 0 Å². The number of nitrogens with zero attached hydrogens (tertiary/aromatic N) is 1. The number of Topliss-reactive ketones (excluding diaryl/α,β-unsaturated/α-hetero) is 1. The van der Waals surface area contributed by atoms with E-state index in [4.69, 9.17) is 28.6 Å². The van der Waals surface area contributed by atoms with Crippen molar-refractivity contribution in [3.05, 3.63) is 76.0 Å². The molecule has 1 unspecified atom stereocenters. The Bertz CT molecular complexity index is 987. The molecule has 0 fully saturated rings. The summed E-state index contributed by atoms with van der Waals surface area (Å²) >= 11 is 11.6. The summed E-state index contributed by atoms with van der Waals surface area (Å²) in [6.45, 7) is 3.41. The van der Waals surface area contributed by atoms with Crippen LogP contribution in [-0.2, 0) is 11.4 Å². The maximum atomic E-state index is 12.9. The number of halogens is 1. The Morgan fingerprint density at radius 2 is 2.00 bits per heavy atom. The van der Waals surface area contributed by atoms with E-state index in [9.17, 15) is 4.79 Å². The zero-order valence-electron chi connectivity index (χ0n) is 17.0. The number of hydrogen-bond acceptors (Lipinski definition) is 3. The van der Waals surface area contributed by atoms with Gasteiger partial charge in [-0.1, -0.05) is 42.8 Å². The fourth-order valence-corrected chi connectivity index (χ4v) is 4.54. The normalized spacial score (nSPS) is 18.9. The highest BCUT2D eigenvalue weighted by Crippen LogP contribution is 2.38. The highest BCUT2D eigenvalue weighted by atomic mass is 35.5. The number of carbonyl (C=O) groups is 1. The van der Waals surface area contributed by atoms with Gasteiger partial charge in [0.2, 0.25) is 0 Å². The van der Waals surface area contributed by atoms with Gasteiger partial charge in [-0.3, -0.25) is 4.79 Å². The third kappa shape index (κ3) is 4.37. The summed E-state index contributed by atoms with van der Waals surface area (Å²) in [7, 11) is 0. The first-order valence-corrected chi connectivity index (χ1v) is 11.2. The summed E-state index contributed by atoms with van der Waals surface area (Å²) in [4.78, 5) is 15.0. The molecule has 0 amide bonds. The third-order valence-electron chi connectivity index (χ3n) is 5.51. The molecule has 1 aliphatic heterocycles. The molecule has 1 aliphatic carbocycles. The molecule has 0 saturated heterocycles. The molecule has 1 atom stereocenters. The number of carbonyl (C=O) groups excluding carboxylic acids is 1. The topological polar surface area (TPSA) is 41.6 Å². The van der Waals surface area contributed by atoms with Crippen LogP contribution in [0.1, 0.15) is 49.8 Å². The second kappa shape index (κ2) is 9.19. The van der Waals surface area contributed by atoms with E-state index >= 15 is 0 Å². The molecule has 1 heterocycles. The van der Waals surface area contributed by atoms with Crippen molar-refractivity contribution in [2.45, 2.75) is 45.3 Å². The molecule has 2 aliphatic rings. The first-order valence-electron chi connectivity index (χ1n) is 10.4. The smallest absolute Gasteiger partial charge is 0.173 e. The van der Waals surface area contributed by atoms with E-state index in [1.807, 2.05) is 48.5 Å². The van der Waals surface area contributed by atoms with E-state index in [-0.39, 0.29) is 11.8 Å². The molecule has 1 N–H and O–H groups in total. The lowest BCUT2D eigenvalue weighted by Gasteiger charge is -2.41. The van der Waals surface area contributed by atoms with Crippen LogP contribution in [0.5, 0.6) is 5.75 Å². The average molecular weight is 441 g/mol. The highest BCUT2D eigenvalue weighted by molar-refractivity contribution is 7.80. The molecule has 0 spiro atoms. The van der Waals surface area contributed by atoms with Crippen LogP contribution in [-0.4, -0.2) is 22.3 Å². The lowest BCUT2D eigenvalue weighted by molar-refractivity contribution is -0.116. The van der Waals surface area contributed by atoms with Gasteiger partial charge in [0, 0.05) is 29.3 Å². The Hall–Kier alpha value is -2.37. The summed E-state index contributed by atoms with van der Waals surface area (Å²) in [5, 5.41) is 4.82. The minimum absolute atomic E-state index is 0.213. The fraction of sp³-hybridized carbons (Fsp3) is 0.333. The quantitative estimate of drug-likeness (QED) is 0.595. The van der Waals surface area contributed by atoms with Crippen molar-refractivity contribution < 1.29 is 9.53 Å². The van der Waals surface area contributed by atoms with Crippen LogP contribution in [0.2, 0.25) is 5.02 Å². The third-order valence-corrected chi connectivity index (χ3v) is 6.10. The zero-order valence-corrected chi connectivity index (χ0v) is 18.6. The first kappa shape index (κ1) is 20.9. The van der Waals surface area contributed by atoms with Crippen molar-refractivity contribution in [2.24, 2.45) is 0 Å². The standard InChI is InChI=1S/C24H25ClN2O2S/c1-2-13-27-20-7-4-8-21(28)22(20)23(26-24(27)30)17-5-3-6-19(14-17)29-15-16-9-11-18(25)12-10-16/h3,5-6,9-12,14,23H,2,4,7-8,13,15H2,1H3,(H,26,30). The second-order valence-electron chi connectivity index (χ2n) is 7.66. The van der Waals surface area contributed by atoms with Crippen molar-refractivity contribution >= 4 is 34.7 Å². The summed E-state index contributed by atoms with van der Waals surface area (Å²) in [5.41, 5.74) is 3.99. The van der Waals surface area contributed by atoms with E-state index in [0.717, 1.165) is 54.0 Å². The van der Waals surface area contributed by atoms with Gasteiger partial charge in [-0.25, -0.2) is 0 Å². The molecule has 2 aromatic carbocycles. The summed E-state index contributed by atoms with van der Waals surface area (Å²) in [5.74, 6) is 0.974. The van der Waals surface area contributed by atoms with Gasteiger partial charge < -0.3 is 15.0 Å². The lowest BCUT2D eigenvalue weighted by Crippen LogP contribution is -2.49. The number of thiocarbonyl (C=S) groups is 1. The fourth-order valence-electron chi connectivity index (χ4n) is 4.09. The summed E-state index contributed by atoms with van der Waals surface area (Å²) < 4.78 is 6.00. The molecular formula is C24H25ClN2O2S. The molecular weight excluding hydrogens is 416 g/mol. The van der Waals surface area contributed by atoms with E-state index < -0.39 is 0 Å². The van der Waals surface area contributed by atoms with Crippen LogP contribution in [0.4, 0.5) is 0 Å². The summed E-state index contributed by atoms with van der Waals surface area (Å²) in [6.07, 6.45) is 3.35. The van der Waals surface area contributed by atoms with Crippen LogP contribution in [0, 0.1) is 0 Å². The van der Waals surface area contributed by atoms with Gasteiger partial charge in [-0.15, -0.1) is 0 Å². The number of benzene rings is 2. The Kier molecular flexibility index (Phi) is 6.40. The minimum Gasteiger partial charge on any atom is -0.489 e. The molecule has 6 heteroatoms. The minimum atomic E-state index is -0.229. The number of rotatable bonds is 6. The Balaban J connectivity index is 1.60. The van der Waals surface area contributed by atoms with Gasteiger partial charge in [0.05, 0.1) is 6.04 Å². The van der Waals surface area contributed by atoms with Gasteiger partial charge >= 0.3 is 0 Å². The second-order valence-corrected chi connectivity index (χ2v) is 8.48. The van der Waals surface area contributed by atoms with E-state index in [1.165, 1.54) is 0 Å². The number of ketones is 1. The van der Waals surface area contributed by atoms with Gasteiger partial charge in [-0.05, 0) is 66.9 Å². The van der Waals surface area contributed by atoms with Gasteiger partial charge in [0.15, 0.2) is 10.9 Å². The molecule has 0 aromatic heterocycles. The van der Waals surface area contributed by atoms with Crippen molar-refractivity contribution in [1.82, 2.24) is 10.2 Å². The molecule has 4 rings (SSSR count). The molecule has 30 heavy (non-hydrogen) atoms. The predicted molar refractivity (Wildman–Crippen MR) is 124 cm³/mol. The molecule has 0 bridgehead atoms. The predicted octanol–water partition coefficient (Wildman–Crippen LogP) is 5.57. The van der Waals surface area contributed by atoms with E-state index in [2.05, 4.69) is 17.1 Å². The Morgan fingerprint density at radius 3 is 2.77 bits per heavy atom. The SMILES string of the molecule is CCCN1C(=S)NC(c2cccc(OCc3ccc(Cl)cc3)c2)C2=C1CCCC2=O. The number of hydrogen-bond donors (Lipinski definition) is 1. The molecule has 4 nitrogen and oxygen atoms in total. The van der Waals surface area contributed by atoms with Crippen LogP contribution < -0.4 is 10.1 Å². The van der Waals surface area contributed by atoms with Crippen LogP contribution in [0.15, 0.2) is 59.8 Å². The highest BCUT2D eigenvalue weighted by Gasteiger charge is 2.36. The van der Waals surface area contributed by atoms with E-state index in [0.29, 0.717) is 23.2 Å². The zero-order chi connectivity index (χ0) is 21.1. The number of allylic oxidation sites excluding steroid dienone is 1. The monoisotopic (exact) mass is 440 g/mol. The Labute approximate surface area is 187 Å². The number of ether oxygens (including phenoxy) is 1. The van der Waals surface area contributed by atoms with Crippen LogP contribution in [0.25, 0.3) is 0 Å². The van der Waals surface area contributed by atoms with Crippen molar-refractivity contribution in [3.63, 3.8) is 0 Å². The molecule has 156 valence electrons. The van der Waals surface area contributed by atoms with Gasteiger partial charge in [-0.2, -0.15) is 0 Å². The van der Waals surface area contributed by atoms with Crippen molar-refractivity contribution in [1.29, 1.82) is 0 Å². The molecule has 2 aromatic rings. The van der Waals surface area contributed by atoms with Crippen molar-refractivity contribution in [2.75, 3.05) is 6.54 Å². The average Bonchev–Trinajstić information content (AvgIpc) is 2.75. The van der Waals surface area contributed by atoms with Crippen molar-refractivity contribution in [3.8, 4) is 5.75 Å². The van der Waals surface area contributed by atoms with Gasteiger partial charge in [0.1, 0.15) is 12.4 Å². The lowest BCUT2D eigenvalue weighted by atomic mass is 9.84. The summed E-state index contributed by atoms with van der Waals surface area (Å²) in [6, 6.07) is 15.3. The maximum Gasteiger partial charge on any atom is 0.173 e. The van der Waals surface area contributed by atoms with Crippen LogP contribution >= 0.6 is 23.8 Å². The number of nitrogens with one attached hydrogen (secondary N) is 1. The molecule has 0 saturated carbocycles. The first-order chi connectivity index (χ1) is 14.6. The molecule has 0 radical (unpaired) electrons. The largest absolute Gasteiger partial charge is 0.489 e. The Morgan fingerprint density at radius 1 is 1.20 bits per heavy atom.